The van der Waals surface area contributed by atoms with Crippen LogP contribution < -0.4 is 0 Å². The summed E-state index contributed by atoms with van der Waals surface area (Å²) in [5, 5.41) is 19.1. The zero-order valence-electron chi connectivity index (χ0n) is 9.44. The van der Waals surface area contributed by atoms with Crippen LogP contribution in [0.15, 0.2) is 48.7 Å². The predicted octanol–water partition coefficient (Wildman–Crippen LogP) is 5.14. The molecule has 0 aromatic heterocycles. The van der Waals surface area contributed by atoms with Crippen molar-refractivity contribution in [2.45, 2.75) is 0 Å². The van der Waals surface area contributed by atoms with Crippen LogP contribution in [-0.4, -0.2) is 16.4 Å². The van der Waals surface area contributed by atoms with Gasteiger partial charge in [-0.25, -0.2) is 0 Å². The Balaban J connectivity index is 2.41. The minimum atomic E-state index is 0.142. The number of nitrogens with zero attached hydrogens (tertiary/aromatic N) is 1. The lowest BCUT2D eigenvalue weighted by Gasteiger charge is -2.04. The van der Waals surface area contributed by atoms with E-state index in [1.165, 1.54) is 0 Å². The van der Waals surface area contributed by atoms with E-state index in [2.05, 4.69) is 52.8 Å². The van der Waals surface area contributed by atoms with Crippen molar-refractivity contribution >= 4 is 59.7 Å². The van der Waals surface area contributed by atoms with Gasteiger partial charge in [-0.3, -0.25) is 4.99 Å². The van der Waals surface area contributed by atoms with E-state index in [1.807, 2.05) is 0 Å². The Morgan fingerprint density at radius 3 is 2.21 bits per heavy atom. The van der Waals surface area contributed by atoms with E-state index in [-0.39, 0.29) is 11.5 Å². The molecule has 0 aliphatic carbocycles. The molecule has 6 heteroatoms. The summed E-state index contributed by atoms with van der Waals surface area (Å²) in [6.07, 6.45) is 1.56. The lowest BCUT2D eigenvalue weighted by Crippen LogP contribution is -1.83. The van der Waals surface area contributed by atoms with Gasteiger partial charge in [-0.15, -0.1) is 0 Å². The SMILES string of the molecule is Oc1cc(Br)c(N=Cc2cc(Br)ccc2O)c(Br)c1. The van der Waals surface area contributed by atoms with Gasteiger partial charge in [0.05, 0.1) is 5.69 Å². The highest BCUT2D eigenvalue weighted by Gasteiger charge is 2.06. The Morgan fingerprint density at radius 2 is 1.58 bits per heavy atom. The molecule has 2 rings (SSSR count). The molecule has 0 saturated heterocycles. The highest BCUT2D eigenvalue weighted by atomic mass is 79.9. The van der Waals surface area contributed by atoms with Crippen LogP contribution in [0, 0.1) is 0 Å². The predicted molar refractivity (Wildman–Crippen MR) is 86.6 cm³/mol. The van der Waals surface area contributed by atoms with Gasteiger partial charge in [0.2, 0.25) is 0 Å². The van der Waals surface area contributed by atoms with E-state index >= 15 is 0 Å². The minimum absolute atomic E-state index is 0.142. The second-order valence-electron chi connectivity index (χ2n) is 3.72. The number of phenols is 2. The molecule has 0 radical (unpaired) electrons. The summed E-state index contributed by atoms with van der Waals surface area (Å²) in [5.74, 6) is 0.293. The van der Waals surface area contributed by atoms with Gasteiger partial charge >= 0.3 is 0 Å². The molecule has 98 valence electrons. The number of halogens is 3. The summed E-state index contributed by atoms with van der Waals surface area (Å²) < 4.78 is 2.17. The number of aliphatic imine (C=N–C) groups is 1. The molecule has 0 spiro atoms. The number of rotatable bonds is 2. The normalized spacial score (nSPS) is 11.1. The third-order valence-corrected chi connectivity index (χ3v) is 4.03. The zero-order chi connectivity index (χ0) is 14.0. The van der Waals surface area contributed by atoms with Crippen molar-refractivity contribution in [1.29, 1.82) is 0 Å². The Kier molecular flexibility index (Phi) is 4.65. The maximum atomic E-state index is 9.72. The summed E-state index contributed by atoms with van der Waals surface area (Å²) in [5.41, 5.74) is 1.23. The molecule has 0 fully saturated rings. The summed E-state index contributed by atoms with van der Waals surface area (Å²) in [4.78, 5) is 4.31. The molecule has 0 aliphatic rings. The first kappa shape index (κ1) is 14.6. The van der Waals surface area contributed by atoms with E-state index in [9.17, 15) is 10.2 Å². The van der Waals surface area contributed by atoms with E-state index in [4.69, 9.17) is 0 Å². The third-order valence-electron chi connectivity index (χ3n) is 2.32. The molecular formula is C13H8Br3NO2. The molecule has 19 heavy (non-hydrogen) atoms. The van der Waals surface area contributed by atoms with Gasteiger partial charge in [0.1, 0.15) is 11.5 Å². The third kappa shape index (κ3) is 3.58. The van der Waals surface area contributed by atoms with Crippen molar-refractivity contribution < 1.29 is 10.2 Å². The number of hydrogen-bond donors (Lipinski definition) is 2. The Labute approximate surface area is 135 Å². The van der Waals surface area contributed by atoms with Crippen LogP contribution >= 0.6 is 47.8 Å². The molecule has 2 aromatic rings. The average molecular weight is 450 g/mol. The molecule has 2 N–H and O–H groups in total. The molecule has 0 unspecified atom stereocenters. The largest absolute Gasteiger partial charge is 0.508 e. The second kappa shape index (κ2) is 6.07. The maximum absolute atomic E-state index is 9.72. The van der Waals surface area contributed by atoms with Crippen LogP contribution in [-0.2, 0) is 0 Å². The number of hydrogen-bond acceptors (Lipinski definition) is 3. The Hall–Kier alpha value is -0.850. The van der Waals surface area contributed by atoms with Gasteiger partial charge in [-0.2, -0.15) is 0 Å². The van der Waals surface area contributed by atoms with Crippen molar-refractivity contribution in [3.05, 3.63) is 49.3 Å². The summed E-state index contributed by atoms with van der Waals surface area (Å²) in [7, 11) is 0. The van der Waals surface area contributed by atoms with Gasteiger partial charge in [0, 0.05) is 25.2 Å². The van der Waals surface area contributed by atoms with E-state index in [0.29, 0.717) is 20.2 Å². The van der Waals surface area contributed by atoms with Crippen LogP contribution in [0.2, 0.25) is 0 Å². The van der Waals surface area contributed by atoms with Crippen molar-refractivity contribution in [1.82, 2.24) is 0 Å². The fourth-order valence-corrected chi connectivity index (χ4v) is 3.18. The van der Waals surface area contributed by atoms with Crippen LogP contribution in [0.4, 0.5) is 5.69 Å². The van der Waals surface area contributed by atoms with Gasteiger partial charge < -0.3 is 10.2 Å². The molecular weight excluding hydrogens is 442 g/mol. The first-order chi connectivity index (χ1) is 8.97. The van der Waals surface area contributed by atoms with E-state index < -0.39 is 0 Å². The zero-order valence-corrected chi connectivity index (χ0v) is 14.2. The molecule has 3 nitrogen and oxygen atoms in total. The molecule has 2 aromatic carbocycles. The van der Waals surface area contributed by atoms with Gasteiger partial charge in [0.25, 0.3) is 0 Å². The fraction of sp³-hybridized carbons (Fsp3) is 0. The first-order valence-corrected chi connectivity index (χ1v) is 7.56. The number of benzene rings is 2. The van der Waals surface area contributed by atoms with Crippen molar-refractivity contribution in [2.75, 3.05) is 0 Å². The molecule has 0 aliphatic heterocycles. The van der Waals surface area contributed by atoms with Crippen molar-refractivity contribution in [3.63, 3.8) is 0 Å². The first-order valence-electron chi connectivity index (χ1n) is 5.18. The van der Waals surface area contributed by atoms with Crippen molar-refractivity contribution in [2.24, 2.45) is 4.99 Å². The minimum Gasteiger partial charge on any atom is -0.508 e. The lowest BCUT2D eigenvalue weighted by atomic mass is 10.2. The topological polar surface area (TPSA) is 52.8 Å². The standard InChI is InChI=1S/C13H8Br3NO2/c14-8-1-2-12(19)7(3-8)6-17-13-10(15)4-9(18)5-11(13)16/h1-6,18-19H. The molecule has 0 saturated carbocycles. The smallest absolute Gasteiger partial charge is 0.124 e. The monoisotopic (exact) mass is 447 g/mol. The van der Waals surface area contributed by atoms with Crippen LogP contribution in [0.25, 0.3) is 0 Å². The fourth-order valence-electron chi connectivity index (χ4n) is 1.44. The van der Waals surface area contributed by atoms with Gasteiger partial charge in [-0.05, 0) is 62.2 Å². The second-order valence-corrected chi connectivity index (χ2v) is 6.34. The highest BCUT2D eigenvalue weighted by molar-refractivity contribution is 9.11. The van der Waals surface area contributed by atoms with Gasteiger partial charge in [-0.1, -0.05) is 15.9 Å². The van der Waals surface area contributed by atoms with Crippen LogP contribution in [0.1, 0.15) is 5.56 Å². The maximum Gasteiger partial charge on any atom is 0.124 e. The van der Waals surface area contributed by atoms with Crippen LogP contribution in [0.3, 0.4) is 0 Å². The van der Waals surface area contributed by atoms with Gasteiger partial charge in [0.15, 0.2) is 0 Å². The average Bonchev–Trinajstić information content (AvgIpc) is 2.32. The Morgan fingerprint density at radius 1 is 0.947 bits per heavy atom. The lowest BCUT2D eigenvalue weighted by molar-refractivity contribution is 0.474. The number of phenolic OH excluding ortho intramolecular Hbond substituents is 2. The highest BCUT2D eigenvalue weighted by Crippen LogP contribution is 2.37. The summed E-state index contributed by atoms with van der Waals surface area (Å²) in [6.45, 7) is 0. The molecule has 0 amide bonds. The Bertz CT molecular complexity index is 633. The molecule has 0 heterocycles. The molecule has 0 atom stereocenters. The van der Waals surface area contributed by atoms with E-state index in [1.54, 1.807) is 36.5 Å². The van der Waals surface area contributed by atoms with E-state index in [0.717, 1.165) is 4.47 Å². The van der Waals surface area contributed by atoms with Crippen LogP contribution in [0.5, 0.6) is 11.5 Å². The summed E-state index contributed by atoms with van der Waals surface area (Å²) in [6, 6.07) is 8.21. The quantitative estimate of drug-likeness (QED) is 0.624. The molecule has 0 bridgehead atoms. The van der Waals surface area contributed by atoms with Crippen molar-refractivity contribution in [3.8, 4) is 11.5 Å². The summed E-state index contributed by atoms with van der Waals surface area (Å²) >= 11 is 9.99. The number of aromatic hydroxyl groups is 2.